The van der Waals surface area contributed by atoms with Crippen LogP contribution >= 0.6 is 11.6 Å². The molecule has 1 aliphatic carbocycles. The fraction of sp³-hybridized carbons (Fsp3) is 0.250. The van der Waals surface area contributed by atoms with E-state index in [4.69, 9.17) is 21.6 Å². The van der Waals surface area contributed by atoms with Gasteiger partial charge in [-0.2, -0.15) is 10.4 Å². The Hall–Kier alpha value is -3.70. The molecule has 0 saturated carbocycles. The number of nitrogens with zero attached hydrogens (tertiary/aromatic N) is 4. The van der Waals surface area contributed by atoms with Crippen LogP contribution in [0.4, 0.5) is 10.1 Å². The lowest BCUT2D eigenvalue weighted by molar-refractivity contribution is -0.121. The molecule has 0 bridgehead atoms. The monoisotopic (exact) mass is 466 g/mol. The van der Waals surface area contributed by atoms with Crippen LogP contribution in [0.1, 0.15) is 34.6 Å². The van der Waals surface area contributed by atoms with Gasteiger partial charge in [0.2, 0.25) is 0 Å². The minimum atomic E-state index is -0.700. The van der Waals surface area contributed by atoms with Crippen LogP contribution in [0.25, 0.3) is 5.69 Å². The molecular formula is C24H20ClFN4O3. The number of benzene rings is 2. The van der Waals surface area contributed by atoms with Crippen molar-refractivity contribution in [3.8, 4) is 11.8 Å². The fourth-order valence-corrected chi connectivity index (χ4v) is 4.06. The van der Waals surface area contributed by atoms with E-state index in [9.17, 15) is 14.0 Å². The first-order valence-corrected chi connectivity index (χ1v) is 10.8. The highest BCUT2D eigenvalue weighted by Gasteiger charge is 2.29. The molecule has 168 valence electrons. The number of anilines is 1. The maximum absolute atomic E-state index is 13.3. The minimum absolute atomic E-state index is 0.113. The predicted molar refractivity (Wildman–Crippen MR) is 120 cm³/mol. The third-order valence-electron chi connectivity index (χ3n) is 5.39. The van der Waals surface area contributed by atoms with Crippen molar-refractivity contribution in [1.29, 1.82) is 5.26 Å². The maximum Gasteiger partial charge on any atom is 0.359 e. The first-order valence-electron chi connectivity index (χ1n) is 10.4. The second-order valence-corrected chi connectivity index (χ2v) is 7.96. The molecule has 0 spiro atoms. The van der Waals surface area contributed by atoms with Gasteiger partial charge < -0.3 is 9.64 Å². The number of rotatable bonds is 7. The number of carbonyl (C=O) groups is 2. The number of ether oxygens (including phenoxy) is 1. The van der Waals surface area contributed by atoms with Gasteiger partial charge in [-0.25, -0.2) is 13.9 Å². The summed E-state index contributed by atoms with van der Waals surface area (Å²) in [6, 6.07) is 14.5. The molecule has 0 unspecified atom stereocenters. The average Bonchev–Trinajstić information content (AvgIpc) is 3.41. The van der Waals surface area contributed by atoms with Crippen molar-refractivity contribution < 1.29 is 18.7 Å². The topological polar surface area (TPSA) is 88.2 Å². The first kappa shape index (κ1) is 22.5. The predicted octanol–water partition coefficient (Wildman–Crippen LogP) is 4.26. The Balaban J connectivity index is 1.51. The Kier molecular flexibility index (Phi) is 6.71. The summed E-state index contributed by atoms with van der Waals surface area (Å²) >= 11 is 6.03. The summed E-state index contributed by atoms with van der Waals surface area (Å²) in [4.78, 5) is 27.0. The number of esters is 1. The van der Waals surface area contributed by atoms with E-state index in [1.807, 2.05) is 6.07 Å². The van der Waals surface area contributed by atoms with Crippen molar-refractivity contribution in [2.45, 2.75) is 25.7 Å². The van der Waals surface area contributed by atoms with Crippen LogP contribution < -0.4 is 4.90 Å². The third-order valence-corrected chi connectivity index (χ3v) is 5.62. The van der Waals surface area contributed by atoms with E-state index in [1.54, 1.807) is 41.1 Å². The smallest absolute Gasteiger partial charge is 0.359 e. The number of hydrogen-bond donors (Lipinski definition) is 0. The molecule has 0 saturated heterocycles. The Bertz CT molecular complexity index is 1230. The highest BCUT2D eigenvalue weighted by Crippen LogP contribution is 2.28. The fourth-order valence-electron chi connectivity index (χ4n) is 3.87. The van der Waals surface area contributed by atoms with Crippen LogP contribution in [-0.2, 0) is 22.4 Å². The number of fused-ring (bicyclic) bond motifs is 1. The largest absolute Gasteiger partial charge is 0.451 e. The van der Waals surface area contributed by atoms with Gasteiger partial charge in [-0.05, 0) is 61.7 Å². The van der Waals surface area contributed by atoms with Crippen molar-refractivity contribution in [3.63, 3.8) is 0 Å². The summed E-state index contributed by atoms with van der Waals surface area (Å²) in [7, 11) is 0. The molecular weight excluding hydrogens is 447 g/mol. The van der Waals surface area contributed by atoms with E-state index in [1.165, 1.54) is 17.0 Å². The molecule has 3 aromatic rings. The van der Waals surface area contributed by atoms with Gasteiger partial charge in [0.25, 0.3) is 5.91 Å². The molecule has 1 aromatic heterocycles. The van der Waals surface area contributed by atoms with E-state index in [0.717, 1.165) is 24.1 Å². The molecule has 0 radical (unpaired) electrons. The molecule has 9 heteroatoms. The van der Waals surface area contributed by atoms with Crippen molar-refractivity contribution in [2.24, 2.45) is 0 Å². The van der Waals surface area contributed by atoms with E-state index < -0.39 is 18.5 Å². The van der Waals surface area contributed by atoms with Gasteiger partial charge in [-0.3, -0.25) is 4.79 Å². The lowest BCUT2D eigenvalue weighted by Gasteiger charge is -2.21. The number of nitriles is 1. The molecule has 0 N–H and O–H groups in total. The molecule has 0 fully saturated rings. The number of aromatic nitrogens is 2. The Morgan fingerprint density at radius 2 is 2.00 bits per heavy atom. The van der Waals surface area contributed by atoms with E-state index in [-0.39, 0.29) is 24.5 Å². The summed E-state index contributed by atoms with van der Waals surface area (Å²) in [5.41, 5.74) is 2.99. The van der Waals surface area contributed by atoms with Gasteiger partial charge in [-0.1, -0.05) is 17.7 Å². The summed E-state index contributed by atoms with van der Waals surface area (Å²) in [6.45, 7) is -0.364. The molecule has 1 amide bonds. The average molecular weight is 467 g/mol. The molecule has 4 rings (SSSR count). The van der Waals surface area contributed by atoms with E-state index in [0.29, 0.717) is 22.8 Å². The van der Waals surface area contributed by atoms with Gasteiger partial charge in [0.1, 0.15) is 5.82 Å². The lowest BCUT2D eigenvalue weighted by Crippen LogP contribution is -2.35. The normalized spacial score (nSPS) is 12.2. The zero-order valence-corrected chi connectivity index (χ0v) is 18.4. The minimum Gasteiger partial charge on any atom is -0.451 e. The standard InChI is InChI=1S/C24H20ClFN4O3/c25-16-4-1-5-19(14-16)29(13-3-12-27)22(31)15-33-24(32)23-20-6-2-7-21(20)30(28-23)18-10-8-17(26)9-11-18/h1,4-5,8-11,14H,2-3,6-7,13,15H2. The second-order valence-electron chi connectivity index (χ2n) is 7.53. The number of amides is 1. The van der Waals surface area contributed by atoms with Crippen molar-refractivity contribution in [3.05, 3.63) is 76.3 Å². The van der Waals surface area contributed by atoms with Crippen molar-refractivity contribution in [1.82, 2.24) is 9.78 Å². The van der Waals surface area contributed by atoms with E-state index in [2.05, 4.69) is 5.10 Å². The van der Waals surface area contributed by atoms with Crippen LogP contribution in [0.15, 0.2) is 48.5 Å². The molecule has 1 heterocycles. The molecule has 0 atom stereocenters. The molecule has 2 aromatic carbocycles. The summed E-state index contributed by atoms with van der Waals surface area (Å²) < 4.78 is 20.3. The summed E-state index contributed by atoms with van der Waals surface area (Å²) in [5.74, 6) is -1.54. The zero-order valence-electron chi connectivity index (χ0n) is 17.6. The maximum atomic E-state index is 13.3. The van der Waals surface area contributed by atoms with Gasteiger partial charge in [0.05, 0.1) is 18.2 Å². The molecule has 33 heavy (non-hydrogen) atoms. The van der Waals surface area contributed by atoms with E-state index >= 15 is 0 Å². The molecule has 7 nitrogen and oxygen atoms in total. The van der Waals surface area contributed by atoms with Gasteiger partial charge in [0.15, 0.2) is 12.3 Å². The Morgan fingerprint density at radius 1 is 1.21 bits per heavy atom. The Labute approximate surface area is 194 Å². The zero-order chi connectivity index (χ0) is 23.4. The highest BCUT2D eigenvalue weighted by atomic mass is 35.5. The SMILES string of the molecule is N#CCCN(C(=O)COC(=O)c1nn(-c2ccc(F)cc2)c2c1CCC2)c1cccc(Cl)c1. The van der Waals surface area contributed by atoms with Gasteiger partial charge in [0, 0.05) is 28.5 Å². The summed E-state index contributed by atoms with van der Waals surface area (Å²) in [6.07, 6.45) is 2.39. The molecule has 0 aliphatic heterocycles. The van der Waals surface area contributed by atoms with Crippen LogP contribution in [0, 0.1) is 17.1 Å². The van der Waals surface area contributed by atoms with Crippen molar-refractivity contribution in [2.75, 3.05) is 18.1 Å². The lowest BCUT2D eigenvalue weighted by atomic mass is 10.2. The highest BCUT2D eigenvalue weighted by molar-refractivity contribution is 6.30. The summed E-state index contributed by atoms with van der Waals surface area (Å²) in [5, 5.41) is 13.8. The third kappa shape index (κ3) is 4.89. The van der Waals surface area contributed by atoms with Gasteiger partial charge in [-0.15, -0.1) is 0 Å². The van der Waals surface area contributed by atoms with Crippen LogP contribution in [0.5, 0.6) is 0 Å². The number of carbonyl (C=O) groups excluding carboxylic acids is 2. The van der Waals surface area contributed by atoms with Crippen molar-refractivity contribution >= 4 is 29.2 Å². The number of halogens is 2. The Morgan fingerprint density at radius 3 is 2.73 bits per heavy atom. The number of hydrogen-bond acceptors (Lipinski definition) is 5. The van der Waals surface area contributed by atoms with Gasteiger partial charge >= 0.3 is 5.97 Å². The van der Waals surface area contributed by atoms with Crippen LogP contribution in [-0.4, -0.2) is 34.8 Å². The second kappa shape index (κ2) is 9.84. The first-order chi connectivity index (χ1) is 16.0. The molecule has 1 aliphatic rings. The quantitative estimate of drug-likeness (QED) is 0.485. The van der Waals surface area contributed by atoms with Crippen LogP contribution in [0.2, 0.25) is 5.02 Å². The van der Waals surface area contributed by atoms with Crippen LogP contribution in [0.3, 0.4) is 0 Å².